The first-order chi connectivity index (χ1) is 7.54. The predicted molar refractivity (Wildman–Crippen MR) is 65.6 cm³/mol. The second-order valence-electron chi connectivity index (χ2n) is 4.24. The highest BCUT2D eigenvalue weighted by Gasteiger charge is 2.13. The number of hydrogen-bond donors (Lipinski definition) is 2. The van der Waals surface area contributed by atoms with Crippen molar-refractivity contribution in [1.29, 1.82) is 0 Å². The molecule has 1 aromatic heterocycles. The quantitative estimate of drug-likeness (QED) is 0.452. The summed E-state index contributed by atoms with van der Waals surface area (Å²) in [7, 11) is 0. The van der Waals surface area contributed by atoms with Crippen molar-refractivity contribution < 1.29 is 0 Å². The molecule has 1 rings (SSSR count). The van der Waals surface area contributed by atoms with Crippen LogP contribution >= 0.6 is 0 Å². The minimum Gasteiger partial charge on any atom is -0.271 e. The van der Waals surface area contributed by atoms with Crippen LogP contribution in [-0.4, -0.2) is 10.2 Å². The summed E-state index contributed by atoms with van der Waals surface area (Å²) < 4.78 is 0. The summed E-state index contributed by atoms with van der Waals surface area (Å²) in [5, 5.41) is 8.12. The van der Waals surface area contributed by atoms with E-state index in [-0.39, 0.29) is 6.04 Å². The molecule has 0 saturated heterocycles. The topological polar surface area (TPSA) is 63.8 Å². The van der Waals surface area contributed by atoms with E-state index in [1.165, 1.54) is 0 Å². The number of hydrazine groups is 1. The van der Waals surface area contributed by atoms with Crippen LogP contribution in [0, 0.1) is 13.8 Å². The van der Waals surface area contributed by atoms with Crippen molar-refractivity contribution in [2.45, 2.75) is 39.7 Å². The van der Waals surface area contributed by atoms with Gasteiger partial charge in [0, 0.05) is 6.04 Å². The molecule has 0 aliphatic carbocycles. The largest absolute Gasteiger partial charge is 0.271 e. The third-order valence-corrected chi connectivity index (χ3v) is 2.58. The lowest BCUT2D eigenvalue weighted by atomic mass is 9.99. The Morgan fingerprint density at radius 1 is 1.50 bits per heavy atom. The third-order valence-electron chi connectivity index (χ3n) is 2.58. The summed E-state index contributed by atoms with van der Waals surface area (Å²) in [5.74, 6) is 5.58. The number of aromatic nitrogens is 2. The molecule has 0 bridgehead atoms. The number of allylic oxidation sites excluding steroid dienone is 1. The Morgan fingerprint density at radius 3 is 2.75 bits per heavy atom. The SMILES string of the molecule is C=C(C)CCC(NN)c1cc(C)nnc1C. The number of rotatable bonds is 5. The molecule has 4 nitrogen and oxygen atoms in total. The molecule has 0 aliphatic rings. The van der Waals surface area contributed by atoms with Crippen LogP contribution < -0.4 is 11.3 Å². The molecule has 1 heterocycles. The highest BCUT2D eigenvalue weighted by molar-refractivity contribution is 5.23. The fourth-order valence-electron chi connectivity index (χ4n) is 1.64. The van der Waals surface area contributed by atoms with E-state index in [9.17, 15) is 0 Å². The van der Waals surface area contributed by atoms with E-state index in [4.69, 9.17) is 5.84 Å². The first-order valence-corrected chi connectivity index (χ1v) is 5.46. The van der Waals surface area contributed by atoms with E-state index in [0.29, 0.717) is 0 Å². The Hall–Kier alpha value is -1.26. The van der Waals surface area contributed by atoms with E-state index in [1.54, 1.807) is 0 Å². The highest BCUT2D eigenvalue weighted by Crippen LogP contribution is 2.21. The van der Waals surface area contributed by atoms with Gasteiger partial charge in [-0.25, -0.2) is 0 Å². The standard InChI is InChI=1S/C12H20N4/c1-8(2)5-6-12(14-13)11-7-9(3)15-16-10(11)4/h7,12,14H,1,5-6,13H2,2-4H3. The van der Waals surface area contributed by atoms with Crippen LogP contribution in [0.3, 0.4) is 0 Å². The fourth-order valence-corrected chi connectivity index (χ4v) is 1.64. The number of nitrogens with one attached hydrogen (secondary N) is 1. The van der Waals surface area contributed by atoms with Crippen molar-refractivity contribution >= 4 is 0 Å². The molecule has 4 heteroatoms. The molecule has 0 fully saturated rings. The second kappa shape index (κ2) is 5.72. The van der Waals surface area contributed by atoms with Crippen LogP contribution in [0.5, 0.6) is 0 Å². The molecule has 1 aromatic rings. The number of nitrogens with two attached hydrogens (primary N) is 1. The first kappa shape index (κ1) is 12.8. The molecule has 0 spiro atoms. The second-order valence-corrected chi connectivity index (χ2v) is 4.24. The lowest BCUT2D eigenvalue weighted by molar-refractivity contribution is 0.509. The van der Waals surface area contributed by atoms with E-state index >= 15 is 0 Å². The van der Waals surface area contributed by atoms with Crippen molar-refractivity contribution in [3.05, 3.63) is 35.2 Å². The van der Waals surface area contributed by atoms with Gasteiger partial charge in [0.2, 0.25) is 0 Å². The maximum absolute atomic E-state index is 5.58. The predicted octanol–water partition coefficient (Wildman–Crippen LogP) is 1.95. The van der Waals surface area contributed by atoms with Crippen LogP contribution in [0.25, 0.3) is 0 Å². The van der Waals surface area contributed by atoms with Crippen molar-refractivity contribution in [3.63, 3.8) is 0 Å². The van der Waals surface area contributed by atoms with Crippen LogP contribution in [-0.2, 0) is 0 Å². The van der Waals surface area contributed by atoms with Gasteiger partial charge in [-0.1, -0.05) is 5.57 Å². The fraction of sp³-hybridized carbons (Fsp3) is 0.500. The van der Waals surface area contributed by atoms with E-state index in [1.807, 2.05) is 26.8 Å². The monoisotopic (exact) mass is 220 g/mol. The Kier molecular flexibility index (Phi) is 4.58. The molecular weight excluding hydrogens is 200 g/mol. The van der Waals surface area contributed by atoms with Crippen LogP contribution in [0.4, 0.5) is 0 Å². The average Bonchev–Trinajstić information content (AvgIpc) is 2.23. The van der Waals surface area contributed by atoms with Gasteiger partial charge in [-0.05, 0) is 45.2 Å². The van der Waals surface area contributed by atoms with E-state index in [2.05, 4.69) is 22.2 Å². The highest BCUT2D eigenvalue weighted by atomic mass is 15.2. The van der Waals surface area contributed by atoms with Crippen molar-refractivity contribution in [2.24, 2.45) is 5.84 Å². The minimum absolute atomic E-state index is 0.117. The first-order valence-electron chi connectivity index (χ1n) is 5.46. The Balaban J connectivity index is 2.85. The molecule has 3 N–H and O–H groups in total. The van der Waals surface area contributed by atoms with Crippen LogP contribution in [0.15, 0.2) is 18.2 Å². The maximum atomic E-state index is 5.58. The third kappa shape index (κ3) is 3.40. The normalized spacial score (nSPS) is 12.5. The zero-order chi connectivity index (χ0) is 12.1. The molecule has 0 aromatic carbocycles. The molecule has 0 aliphatic heterocycles. The number of nitrogens with zero attached hydrogens (tertiary/aromatic N) is 2. The summed E-state index contributed by atoms with van der Waals surface area (Å²) in [5.41, 5.74) is 6.96. The molecule has 1 atom stereocenters. The van der Waals surface area contributed by atoms with E-state index in [0.717, 1.165) is 35.4 Å². The number of hydrogen-bond acceptors (Lipinski definition) is 4. The van der Waals surface area contributed by atoms with Gasteiger partial charge in [0.1, 0.15) is 0 Å². The lowest BCUT2D eigenvalue weighted by Gasteiger charge is -2.18. The molecule has 16 heavy (non-hydrogen) atoms. The summed E-state index contributed by atoms with van der Waals surface area (Å²) in [4.78, 5) is 0. The van der Waals surface area contributed by atoms with Crippen molar-refractivity contribution in [1.82, 2.24) is 15.6 Å². The lowest BCUT2D eigenvalue weighted by Crippen LogP contribution is -2.29. The van der Waals surface area contributed by atoms with Crippen LogP contribution in [0.1, 0.15) is 42.8 Å². The molecular formula is C12H20N4. The zero-order valence-corrected chi connectivity index (χ0v) is 10.2. The molecule has 1 unspecified atom stereocenters. The summed E-state index contributed by atoms with van der Waals surface area (Å²) in [6.45, 7) is 9.81. The van der Waals surface area contributed by atoms with Gasteiger partial charge in [-0.2, -0.15) is 10.2 Å². The van der Waals surface area contributed by atoms with E-state index < -0.39 is 0 Å². The Bertz CT molecular complexity index is 373. The van der Waals surface area contributed by atoms with Gasteiger partial charge in [0.15, 0.2) is 0 Å². The molecule has 0 saturated carbocycles. The van der Waals surface area contributed by atoms with Gasteiger partial charge < -0.3 is 0 Å². The van der Waals surface area contributed by atoms with Gasteiger partial charge in [0.05, 0.1) is 11.4 Å². The molecule has 0 radical (unpaired) electrons. The minimum atomic E-state index is 0.117. The van der Waals surface area contributed by atoms with Gasteiger partial charge in [-0.15, -0.1) is 6.58 Å². The maximum Gasteiger partial charge on any atom is 0.0648 e. The Morgan fingerprint density at radius 2 is 2.19 bits per heavy atom. The molecule has 0 amide bonds. The van der Waals surface area contributed by atoms with Gasteiger partial charge in [0.25, 0.3) is 0 Å². The molecule has 88 valence electrons. The van der Waals surface area contributed by atoms with Crippen molar-refractivity contribution in [2.75, 3.05) is 0 Å². The Labute approximate surface area is 96.9 Å². The smallest absolute Gasteiger partial charge is 0.0648 e. The summed E-state index contributed by atoms with van der Waals surface area (Å²) >= 11 is 0. The zero-order valence-electron chi connectivity index (χ0n) is 10.2. The van der Waals surface area contributed by atoms with Gasteiger partial charge in [-0.3, -0.25) is 11.3 Å². The number of aryl methyl sites for hydroxylation is 2. The summed E-state index contributed by atoms with van der Waals surface area (Å²) in [6, 6.07) is 2.15. The summed E-state index contributed by atoms with van der Waals surface area (Å²) in [6.07, 6.45) is 1.88. The average molecular weight is 220 g/mol. The van der Waals surface area contributed by atoms with Gasteiger partial charge >= 0.3 is 0 Å². The van der Waals surface area contributed by atoms with Crippen molar-refractivity contribution in [3.8, 4) is 0 Å². The van der Waals surface area contributed by atoms with Crippen LogP contribution in [0.2, 0.25) is 0 Å².